The van der Waals surface area contributed by atoms with Crippen molar-refractivity contribution in [2.45, 2.75) is 18.2 Å². The fourth-order valence-corrected chi connectivity index (χ4v) is 3.65. The molecule has 0 radical (unpaired) electrons. The van der Waals surface area contributed by atoms with Crippen molar-refractivity contribution in [3.8, 4) is 11.8 Å². The van der Waals surface area contributed by atoms with Gasteiger partial charge in [-0.05, 0) is 40.8 Å². The summed E-state index contributed by atoms with van der Waals surface area (Å²) in [7, 11) is 0. The third kappa shape index (κ3) is 3.36. The Morgan fingerprint density at radius 2 is 1.87 bits per heavy atom. The van der Waals surface area contributed by atoms with Crippen LogP contribution >= 0.6 is 23.2 Å². The molecule has 0 aliphatic carbocycles. The quantitative estimate of drug-likeness (QED) is 0.586. The second kappa shape index (κ2) is 7.27. The summed E-state index contributed by atoms with van der Waals surface area (Å²) in [6, 6.07) is 10.0. The van der Waals surface area contributed by atoms with Gasteiger partial charge in [-0.15, -0.1) is 5.10 Å². The maximum atomic E-state index is 14.1. The van der Waals surface area contributed by atoms with Gasteiger partial charge < -0.3 is 4.84 Å². The van der Waals surface area contributed by atoms with Crippen LogP contribution in [0.3, 0.4) is 0 Å². The van der Waals surface area contributed by atoms with Gasteiger partial charge in [0.25, 0.3) is 5.60 Å². The monoisotopic (exact) mass is 452 g/mol. The molecule has 2 heterocycles. The maximum absolute atomic E-state index is 14.1. The van der Waals surface area contributed by atoms with E-state index in [2.05, 4.69) is 20.7 Å². The van der Waals surface area contributed by atoms with Gasteiger partial charge >= 0.3 is 6.18 Å². The third-order valence-electron chi connectivity index (χ3n) is 4.56. The van der Waals surface area contributed by atoms with Crippen LogP contribution in [0.5, 0.6) is 0 Å². The Balaban J connectivity index is 1.74. The molecule has 0 saturated heterocycles. The number of benzene rings is 2. The highest BCUT2D eigenvalue weighted by atomic mass is 35.5. The van der Waals surface area contributed by atoms with Gasteiger partial charge in [-0.1, -0.05) is 34.4 Å². The molecule has 1 aromatic heterocycles. The van der Waals surface area contributed by atoms with Gasteiger partial charge in [0.05, 0.1) is 17.0 Å². The summed E-state index contributed by atoms with van der Waals surface area (Å²) in [5.74, 6) is 0. The lowest BCUT2D eigenvalue weighted by molar-refractivity contribution is -0.275. The van der Waals surface area contributed by atoms with Gasteiger partial charge in [0.15, 0.2) is 0 Å². The Hall–Kier alpha value is -3.16. The summed E-state index contributed by atoms with van der Waals surface area (Å²) in [4.78, 5) is 4.97. The van der Waals surface area contributed by atoms with E-state index in [0.717, 1.165) is 12.1 Å². The standard InChI is InChI=1S/C18H9Cl2F3N6O/c19-13-4-12(5-14(20)6-13)17(18(21,22)23)7-15(26-30-17)10-1-2-16(11(3-10)8-24)29-9-25-27-28-29/h1-6,9H,7H2. The molecular weight excluding hydrogens is 444 g/mol. The number of hydrogen-bond acceptors (Lipinski definition) is 6. The SMILES string of the molecule is N#Cc1cc(C2=NOC(c3cc(Cl)cc(Cl)c3)(C(F)(F)F)C2)ccc1-n1cnnn1. The lowest BCUT2D eigenvalue weighted by Gasteiger charge is -2.29. The fraction of sp³-hybridized carbons (Fsp3) is 0.167. The first-order valence-corrected chi connectivity index (χ1v) is 9.05. The van der Waals surface area contributed by atoms with E-state index >= 15 is 0 Å². The van der Waals surface area contributed by atoms with Crippen LogP contribution in [0.1, 0.15) is 23.1 Å². The summed E-state index contributed by atoms with van der Waals surface area (Å²) in [6.45, 7) is 0. The van der Waals surface area contributed by atoms with Gasteiger partial charge in [-0.2, -0.15) is 23.1 Å². The van der Waals surface area contributed by atoms with Crippen LogP contribution in [0.2, 0.25) is 10.0 Å². The van der Waals surface area contributed by atoms with Crippen LogP contribution in [0, 0.1) is 11.3 Å². The first-order chi connectivity index (χ1) is 14.2. The van der Waals surface area contributed by atoms with Gasteiger partial charge in [0, 0.05) is 27.6 Å². The number of hydrogen-bond donors (Lipinski definition) is 0. The molecule has 1 atom stereocenters. The molecule has 4 rings (SSSR count). The molecule has 0 spiro atoms. The number of alkyl halides is 3. The molecule has 0 bridgehead atoms. The van der Waals surface area contributed by atoms with Gasteiger partial charge in [-0.25, -0.2) is 0 Å². The predicted octanol–water partition coefficient (Wildman–Crippen LogP) is 4.42. The summed E-state index contributed by atoms with van der Waals surface area (Å²) < 4.78 is 43.5. The zero-order chi connectivity index (χ0) is 21.5. The van der Waals surface area contributed by atoms with Crippen molar-refractivity contribution in [3.05, 3.63) is 69.5 Å². The van der Waals surface area contributed by atoms with Crippen molar-refractivity contribution in [3.63, 3.8) is 0 Å². The largest absolute Gasteiger partial charge is 0.435 e. The summed E-state index contributed by atoms with van der Waals surface area (Å²) in [5.41, 5.74) is -2.19. The molecular formula is C18H9Cl2F3N6O. The molecule has 2 aromatic carbocycles. The maximum Gasteiger partial charge on any atom is 0.435 e. The second-order valence-electron chi connectivity index (χ2n) is 6.39. The number of tetrazole rings is 1. The molecule has 0 fully saturated rings. The fourth-order valence-electron chi connectivity index (χ4n) is 3.12. The van der Waals surface area contributed by atoms with E-state index in [1.54, 1.807) is 0 Å². The summed E-state index contributed by atoms with van der Waals surface area (Å²) in [5, 5.41) is 23.9. The van der Waals surface area contributed by atoms with Crippen LogP contribution in [0.15, 0.2) is 47.9 Å². The molecule has 0 saturated carbocycles. The van der Waals surface area contributed by atoms with Crippen LogP contribution in [-0.4, -0.2) is 32.1 Å². The Morgan fingerprint density at radius 1 is 1.13 bits per heavy atom. The van der Waals surface area contributed by atoms with E-state index in [-0.39, 0.29) is 26.9 Å². The first-order valence-electron chi connectivity index (χ1n) is 8.30. The van der Waals surface area contributed by atoms with Gasteiger partial charge in [0.2, 0.25) is 0 Å². The van der Waals surface area contributed by atoms with Gasteiger partial charge in [0.1, 0.15) is 12.4 Å². The highest BCUT2D eigenvalue weighted by molar-refractivity contribution is 6.34. The Bertz CT molecular complexity index is 1170. The van der Waals surface area contributed by atoms with E-state index in [9.17, 15) is 18.4 Å². The second-order valence-corrected chi connectivity index (χ2v) is 7.26. The van der Waals surface area contributed by atoms with Crippen molar-refractivity contribution in [2.75, 3.05) is 0 Å². The topological polar surface area (TPSA) is 89.0 Å². The zero-order valence-corrected chi connectivity index (χ0v) is 16.2. The molecule has 0 amide bonds. The average molecular weight is 453 g/mol. The van der Waals surface area contributed by atoms with Crippen molar-refractivity contribution >= 4 is 28.9 Å². The number of nitrogens with zero attached hydrogens (tertiary/aromatic N) is 6. The molecule has 3 aromatic rings. The van der Waals surface area contributed by atoms with E-state index < -0.39 is 18.2 Å². The van der Waals surface area contributed by atoms with Crippen LogP contribution in [-0.2, 0) is 10.4 Å². The van der Waals surface area contributed by atoms with Crippen LogP contribution < -0.4 is 0 Å². The molecule has 30 heavy (non-hydrogen) atoms. The van der Waals surface area contributed by atoms with E-state index in [4.69, 9.17) is 28.0 Å². The Morgan fingerprint density at radius 3 is 2.47 bits per heavy atom. The first kappa shape index (κ1) is 20.1. The minimum absolute atomic E-state index is 0.0168. The molecule has 7 nitrogen and oxygen atoms in total. The molecule has 152 valence electrons. The molecule has 12 heteroatoms. The van der Waals surface area contributed by atoms with Crippen molar-refractivity contribution in [1.29, 1.82) is 5.26 Å². The highest BCUT2D eigenvalue weighted by Crippen LogP contribution is 2.49. The lowest BCUT2D eigenvalue weighted by Crippen LogP contribution is -2.42. The van der Waals surface area contributed by atoms with Crippen molar-refractivity contribution in [2.24, 2.45) is 5.16 Å². The van der Waals surface area contributed by atoms with E-state index in [0.29, 0.717) is 11.3 Å². The number of halogens is 5. The highest BCUT2D eigenvalue weighted by Gasteiger charge is 2.62. The smallest absolute Gasteiger partial charge is 0.374 e. The van der Waals surface area contributed by atoms with Crippen molar-refractivity contribution < 1.29 is 18.0 Å². The Kier molecular flexibility index (Phi) is 4.88. The summed E-state index contributed by atoms with van der Waals surface area (Å²) in [6.07, 6.45) is -4.14. The number of aromatic nitrogens is 4. The average Bonchev–Trinajstić information content (AvgIpc) is 3.37. The molecule has 1 aliphatic heterocycles. The minimum atomic E-state index is -4.81. The molecule has 0 N–H and O–H groups in total. The van der Waals surface area contributed by atoms with E-state index in [1.165, 1.54) is 35.3 Å². The minimum Gasteiger partial charge on any atom is -0.374 e. The molecule has 1 unspecified atom stereocenters. The number of nitriles is 1. The normalized spacial score (nSPS) is 18.6. The molecule has 1 aliphatic rings. The third-order valence-corrected chi connectivity index (χ3v) is 5.00. The van der Waals surface area contributed by atoms with E-state index in [1.807, 2.05) is 6.07 Å². The van der Waals surface area contributed by atoms with Crippen LogP contribution in [0.25, 0.3) is 5.69 Å². The van der Waals surface area contributed by atoms with Gasteiger partial charge in [-0.3, -0.25) is 0 Å². The zero-order valence-electron chi connectivity index (χ0n) is 14.7. The summed E-state index contributed by atoms with van der Waals surface area (Å²) >= 11 is 11.8. The predicted molar refractivity (Wildman–Crippen MR) is 100 cm³/mol. The lowest BCUT2D eigenvalue weighted by atomic mass is 9.86. The Labute approximate surface area is 177 Å². The number of rotatable bonds is 3. The van der Waals surface area contributed by atoms with Crippen LogP contribution in [0.4, 0.5) is 13.2 Å². The van der Waals surface area contributed by atoms with Crippen molar-refractivity contribution in [1.82, 2.24) is 20.2 Å². The number of oxime groups is 1.